The average Bonchev–Trinajstić information content (AvgIpc) is 2.76. The van der Waals surface area contributed by atoms with Crippen molar-refractivity contribution in [3.8, 4) is 5.75 Å². The third-order valence-corrected chi connectivity index (χ3v) is 5.60. The van der Waals surface area contributed by atoms with E-state index in [9.17, 15) is 18.0 Å². The van der Waals surface area contributed by atoms with Crippen molar-refractivity contribution in [2.45, 2.75) is 18.2 Å². The van der Waals surface area contributed by atoms with Crippen LogP contribution < -0.4 is 10.1 Å². The molecule has 33 heavy (non-hydrogen) atoms. The SMILES string of the molecule is CCOC(=O)/C=C/c1ccc(NC(=O)CN(C)CCCOc2cccc(S(C)(=O)=O)c2)cc1. The lowest BCUT2D eigenvalue weighted by molar-refractivity contribution is -0.137. The summed E-state index contributed by atoms with van der Waals surface area (Å²) in [6, 6.07) is 13.5. The Balaban J connectivity index is 1.71. The van der Waals surface area contributed by atoms with Crippen molar-refractivity contribution in [2.75, 3.05) is 44.9 Å². The van der Waals surface area contributed by atoms with Gasteiger partial charge in [-0.05, 0) is 62.4 Å². The summed E-state index contributed by atoms with van der Waals surface area (Å²) in [4.78, 5) is 25.7. The summed E-state index contributed by atoms with van der Waals surface area (Å²) in [7, 11) is -1.43. The predicted molar refractivity (Wildman–Crippen MR) is 128 cm³/mol. The molecule has 0 heterocycles. The summed E-state index contributed by atoms with van der Waals surface area (Å²) >= 11 is 0. The lowest BCUT2D eigenvalue weighted by atomic mass is 10.2. The number of nitrogens with one attached hydrogen (secondary N) is 1. The van der Waals surface area contributed by atoms with E-state index in [0.29, 0.717) is 37.6 Å². The minimum Gasteiger partial charge on any atom is -0.494 e. The number of hydrogen-bond donors (Lipinski definition) is 1. The highest BCUT2D eigenvalue weighted by atomic mass is 32.2. The molecule has 0 spiro atoms. The number of anilines is 1. The van der Waals surface area contributed by atoms with Gasteiger partial charge < -0.3 is 14.8 Å². The Morgan fingerprint density at radius 2 is 1.85 bits per heavy atom. The monoisotopic (exact) mass is 474 g/mol. The molecule has 2 aromatic carbocycles. The maximum absolute atomic E-state index is 12.3. The van der Waals surface area contributed by atoms with Gasteiger partial charge in [0.1, 0.15) is 5.75 Å². The van der Waals surface area contributed by atoms with Gasteiger partial charge in [-0.1, -0.05) is 18.2 Å². The highest BCUT2D eigenvalue weighted by Crippen LogP contribution is 2.17. The van der Waals surface area contributed by atoms with E-state index in [4.69, 9.17) is 9.47 Å². The van der Waals surface area contributed by atoms with Crippen LogP contribution in [0.3, 0.4) is 0 Å². The first kappa shape index (κ1) is 26.1. The zero-order valence-electron chi connectivity index (χ0n) is 19.1. The van der Waals surface area contributed by atoms with Crippen molar-refractivity contribution in [3.63, 3.8) is 0 Å². The minimum absolute atomic E-state index is 0.144. The summed E-state index contributed by atoms with van der Waals surface area (Å²) < 4.78 is 33.7. The third kappa shape index (κ3) is 9.88. The Labute approximate surface area is 195 Å². The van der Waals surface area contributed by atoms with E-state index in [-0.39, 0.29) is 17.3 Å². The van der Waals surface area contributed by atoms with Crippen LogP contribution in [0.4, 0.5) is 5.69 Å². The van der Waals surface area contributed by atoms with Crippen LogP contribution in [-0.4, -0.2) is 64.8 Å². The third-order valence-electron chi connectivity index (χ3n) is 4.49. The number of likely N-dealkylation sites (N-methyl/N-ethyl adjacent to an activating group) is 1. The molecule has 0 radical (unpaired) electrons. The smallest absolute Gasteiger partial charge is 0.330 e. The Morgan fingerprint density at radius 3 is 2.52 bits per heavy atom. The van der Waals surface area contributed by atoms with Crippen molar-refractivity contribution in [2.24, 2.45) is 0 Å². The van der Waals surface area contributed by atoms with Gasteiger partial charge in [-0.15, -0.1) is 0 Å². The topological polar surface area (TPSA) is 102 Å². The second-order valence-electron chi connectivity index (χ2n) is 7.44. The van der Waals surface area contributed by atoms with Crippen molar-refractivity contribution in [1.29, 1.82) is 0 Å². The maximum Gasteiger partial charge on any atom is 0.330 e. The molecule has 0 unspecified atom stereocenters. The molecular formula is C24H30N2O6S. The van der Waals surface area contributed by atoms with Gasteiger partial charge in [-0.25, -0.2) is 13.2 Å². The number of ether oxygens (including phenoxy) is 2. The molecule has 0 aliphatic rings. The molecule has 2 aromatic rings. The highest BCUT2D eigenvalue weighted by Gasteiger charge is 2.09. The molecule has 0 aliphatic carbocycles. The quantitative estimate of drug-likeness (QED) is 0.287. The zero-order chi connectivity index (χ0) is 24.3. The predicted octanol–water partition coefficient (Wildman–Crippen LogP) is 3.01. The molecule has 0 saturated heterocycles. The van der Waals surface area contributed by atoms with Gasteiger partial charge in [-0.3, -0.25) is 9.69 Å². The zero-order valence-corrected chi connectivity index (χ0v) is 19.9. The number of nitrogens with zero attached hydrogens (tertiary/aromatic N) is 1. The van der Waals surface area contributed by atoms with Crippen molar-refractivity contribution in [1.82, 2.24) is 4.90 Å². The van der Waals surface area contributed by atoms with Crippen LogP contribution in [0.25, 0.3) is 6.08 Å². The Hall–Kier alpha value is -3.17. The van der Waals surface area contributed by atoms with Gasteiger partial charge in [-0.2, -0.15) is 0 Å². The van der Waals surface area contributed by atoms with E-state index in [1.54, 1.807) is 49.4 Å². The molecule has 0 aromatic heterocycles. The first-order valence-electron chi connectivity index (χ1n) is 10.5. The second kappa shape index (κ2) is 12.8. The van der Waals surface area contributed by atoms with E-state index < -0.39 is 15.8 Å². The lowest BCUT2D eigenvalue weighted by Gasteiger charge is -2.16. The number of esters is 1. The van der Waals surface area contributed by atoms with E-state index in [2.05, 4.69) is 5.32 Å². The maximum atomic E-state index is 12.3. The van der Waals surface area contributed by atoms with Gasteiger partial charge >= 0.3 is 5.97 Å². The molecule has 1 amide bonds. The Morgan fingerprint density at radius 1 is 1.12 bits per heavy atom. The van der Waals surface area contributed by atoms with Crippen LogP contribution in [0.2, 0.25) is 0 Å². The molecule has 0 bridgehead atoms. The number of sulfone groups is 1. The van der Waals surface area contributed by atoms with E-state index >= 15 is 0 Å². The molecule has 178 valence electrons. The number of amides is 1. The fourth-order valence-corrected chi connectivity index (χ4v) is 3.53. The van der Waals surface area contributed by atoms with Crippen LogP contribution >= 0.6 is 0 Å². The molecule has 0 aliphatic heterocycles. The van der Waals surface area contributed by atoms with Gasteiger partial charge in [0.05, 0.1) is 24.7 Å². The van der Waals surface area contributed by atoms with E-state index in [1.165, 1.54) is 18.2 Å². The number of carbonyl (C=O) groups is 2. The van der Waals surface area contributed by atoms with Crippen LogP contribution in [0, 0.1) is 0 Å². The summed E-state index contributed by atoms with van der Waals surface area (Å²) in [5.74, 6) is -0.0429. The average molecular weight is 475 g/mol. The summed E-state index contributed by atoms with van der Waals surface area (Å²) in [5.41, 5.74) is 1.48. The molecule has 2 rings (SSSR count). The normalized spacial score (nSPS) is 11.5. The highest BCUT2D eigenvalue weighted by molar-refractivity contribution is 7.90. The van der Waals surface area contributed by atoms with Crippen molar-refractivity contribution >= 4 is 33.5 Å². The fourth-order valence-electron chi connectivity index (χ4n) is 2.88. The summed E-state index contributed by atoms with van der Waals surface area (Å²) in [5, 5.41) is 2.84. The number of carbonyl (C=O) groups excluding carboxylic acids is 2. The molecule has 0 saturated carbocycles. The molecule has 0 fully saturated rings. The van der Waals surface area contributed by atoms with Crippen molar-refractivity contribution < 1.29 is 27.5 Å². The first-order valence-corrected chi connectivity index (χ1v) is 12.4. The first-order chi connectivity index (χ1) is 15.7. The number of hydrogen-bond acceptors (Lipinski definition) is 7. The lowest BCUT2D eigenvalue weighted by Crippen LogP contribution is -2.31. The number of rotatable bonds is 12. The van der Waals surface area contributed by atoms with Crippen molar-refractivity contribution in [3.05, 3.63) is 60.2 Å². The molecular weight excluding hydrogens is 444 g/mol. The Kier molecular flexibility index (Phi) is 10.1. The Bertz CT molecular complexity index is 1060. The van der Waals surface area contributed by atoms with Gasteiger partial charge in [0.25, 0.3) is 0 Å². The van der Waals surface area contributed by atoms with E-state index in [0.717, 1.165) is 11.8 Å². The second-order valence-corrected chi connectivity index (χ2v) is 9.46. The summed E-state index contributed by atoms with van der Waals surface area (Å²) in [6.45, 7) is 3.33. The van der Waals surface area contributed by atoms with Crippen LogP contribution in [0.1, 0.15) is 18.9 Å². The molecule has 8 nitrogen and oxygen atoms in total. The van der Waals surface area contributed by atoms with E-state index in [1.807, 2.05) is 11.9 Å². The molecule has 1 N–H and O–H groups in total. The minimum atomic E-state index is -3.27. The molecule has 0 atom stereocenters. The van der Waals surface area contributed by atoms with Gasteiger partial charge in [0.2, 0.25) is 5.91 Å². The van der Waals surface area contributed by atoms with Crippen LogP contribution in [0.15, 0.2) is 59.5 Å². The van der Waals surface area contributed by atoms with Gasteiger partial charge in [0, 0.05) is 24.6 Å². The fraction of sp³-hybridized carbons (Fsp3) is 0.333. The van der Waals surface area contributed by atoms with Gasteiger partial charge in [0.15, 0.2) is 9.84 Å². The van der Waals surface area contributed by atoms with Crippen LogP contribution in [-0.2, 0) is 24.2 Å². The molecule has 9 heteroatoms. The number of benzene rings is 2. The standard InChI is InChI=1S/C24H30N2O6S/c1-4-31-24(28)14-11-19-9-12-20(13-10-19)25-23(27)18-26(2)15-6-16-32-21-7-5-8-22(17-21)33(3,29)30/h5,7-14,17H,4,6,15-16,18H2,1-3H3,(H,25,27)/b14-11+. The summed E-state index contributed by atoms with van der Waals surface area (Å²) in [6.07, 6.45) is 4.84. The van der Waals surface area contributed by atoms with Crippen LogP contribution in [0.5, 0.6) is 5.75 Å². The largest absolute Gasteiger partial charge is 0.494 e.